The molecule has 0 bridgehead atoms. The molecule has 18 heavy (non-hydrogen) atoms. The number of hydrogen-bond acceptors (Lipinski definition) is 2. The van der Waals surface area contributed by atoms with Gasteiger partial charge >= 0.3 is 0 Å². The SMILES string of the molecule is CCC(C)(C)O/C(C)=C\C(=O)Cc1ccccc1. The molecule has 0 saturated carbocycles. The third-order valence-corrected chi connectivity index (χ3v) is 2.87. The summed E-state index contributed by atoms with van der Waals surface area (Å²) in [5, 5.41) is 0. The minimum atomic E-state index is -0.215. The molecule has 1 aromatic rings. The van der Waals surface area contributed by atoms with Gasteiger partial charge in [-0.3, -0.25) is 4.79 Å². The largest absolute Gasteiger partial charge is 0.492 e. The van der Waals surface area contributed by atoms with Gasteiger partial charge in [-0.25, -0.2) is 0 Å². The molecule has 98 valence electrons. The van der Waals surface area contributed by atoms with Gasteiger partial charge in [-0.1, -0.05) is 37.3 Å². The Bertz CT molecular complexity index is 416. The molecule has 0 N–H and O–H groups in total. The lowest BCUT2D eigenvalue weighted by Crippen LogP contribution is -2.22. The lowest BCUT2D eigenvalue weighted by Gasteiger charge is -2.25. The van der Waals surface area contributed by atoms with Crippen LogP contribution in [0, 0.1) is 0 Å². The van der Waals surface area contributed by atoms with E-state index in [0.717, 1.165) is 12.0 Å². The summed E-state index contributed by atoms with van der Waals surface area (Å²) >= 11 is 0. The number of rotatable bonds is 6. The highest BCUT2D eigenvalue weighted by molar-refractivity contribution is 5.91. The van der Waals surface area contributed by atoms with Crippen molar-refractivity contribution in [3.63, 3.8) is 0 Å². The summed E-state index contributed by atoms with van der Waals surface area (Å²) in [6.45, 7) is 7.94. The van der Waals surface area contributed by atoms with Crippen LogP contribution in [0.15, 0.2) is 42.2 Å². The molecule has 0 aliphatic heterocycles. The van der Waals surface area contributed by atoms with Crippen molar-refractivity contribution in [1.29, 1.82) is 0 Å². The molecule has 2 nitrogen and oxygen atoms in total. The molecule has 0 atom stereocenters. The van der Waals surface area contributed by atoms with Crippen LogP contribution < -0.4 is 0 Å². The summed E-state index contributed by atoms with van der Waals surface area (Å²) in [6, 6.07) is 9.74. The molecule has 0 heterocycles. The lowest BCUT2D eigenvalue weighted by molar-refractivity contribution is -0.114. The van der Waals surface area contributed by atoms with E-state index in [-0.39, 0.29) is 11.4 Å². The Balaban J connectivity index is 2.58. The summed E-state index contributed by atoms with van der Waals surface area (Å²) in [4.78, 5) is 11.8. The number of carbonyl (C=O) groups excluding carboxylic acids is 1. The minimum Gasteiger partial charge on any atom is -0.492 e. The average molecular weight is 246 g/mol. The Hall–Kier alpha value is -1.57. The van der Waals surface area contributed by atoms with E-state index in [1.54, 1.807) is 6.08 Å². The molecule has 0 aliphatic rings. The van der Waals surface area contributed by atoms with E-state index in [1.807, 2.05) is 51.1 Å². The van der Waals surface area contributed by atoms with Gasteiger partial charge in [0, 0.05) is 12.5 Å². The third kappa shape index (κ3) is 5.17. The zero-order chi connectivity index (χ0) is 13.6. The first kappa shape index (κ1) is 14.5. The Kier molecular flexibility index (Phi) is 5.14. The van der Waals surface area contributed by atoms with Gasteiger partial charge in [0.1, 0.15) is 5.60 Å². The fraction of sp³-hybridized carbons (Fsp3) is 0.438. The normalized spacial score (nSPS) is 12.3. The molecular formula is C16H22O2. The fourth-order valence-electron chi connectivity index (χ4n) is 1.61. The number of benzene rings is 1. The molecule has 0 radical (unpaired) electrons. The number of hydrogen-bond donors (Lipinski definition) is 0. The predicted octanol–water partition coefficient (Wildman–Crippen LogP) is 3.91. The molecular weight excluding hydrogens is 224 g/mol. The van der Waals surface area contributed by atoms with E-state index in [0.29, 0.717) is 12.2 Å². The van der Waals surface area contributed by atoms with Crippen molar-refractivity contribution in [3.8, 4) is 0 Å². The van der Waals surface area contributed by atoms with Crippen molar-refractivity contribution in [1.82, 2.24) is 0 Å². The molecule has 1 aromatic carbocycles. The highest BCUT2D eigenvalue weighted by Gasteiger charge is 2.16. The van der Waals surface area contributed by atoms with E-state index >= 15 is 0 Å². The zero-order valence-electron chi connectivity index (χ0n) is 11.7. The molecule has 1 rings (SSSR count). The monoisotopic (exact) mass is 246 g/mol. The van der Waals surface area contributed by atoms with Crippen molar-refractivity contribution in [3.05, 3.63) is 47.7 Å². The van der Waals surface area contributed by atoms with Crippen molar-refractivity contribution < 1.29 is 9.53 Å². The first-order chi connectivity index (χ1) is 8.43. The maximum atomic E-state index is 11.8. The highest BCUT2D eigenvalue weighted by atomic mass is 16.5. The van der Waals surface area contributed by atoms with Gasteiger partial charge in [-0.05, 0) is 32.8 Å². The highest BCUT2D eigenvalue weighted by Crippen LogP contribution is 2.18. The minimum absolute atomic E-state index is 0.0746. The average Bonchev–Trinajstić information content (AvgIpc) is 2.29. The second-order valence-electron chi connectivity index (χ2n) is 5.10. The van der Waals surface area contributed by atoms with Gasteiger partial charge in [0.25, 0.3) is 0 Å². The van der Waals surface area contributed by atoms with Crippen LogP contribution in [0.1, 0.15) is 39.7 Å². The van der Waals surface area contributed by atoms with Crippen LogP contribution in [-0.2, 0) is 16.0 Å². The molecule has 0 fully saturated rings. The molecule has 0 aliphatic carbocycles. The summed E-state index contributed by atoms with van der Waals surface area (Å²) in [5.74, 6) is 0.758. The fourth-order valence-corrected chi connectivity index (χ4v) is 1.61. The Morgan fingerprint density at radius 1 is 1.28 bits per heavy atom. The van der Waals surface area contributed by atoms with Gasteiger partial charge < -0.3 is 4.74 Å². The quantitative estimate of drug-likeness (QED) is 0.562. The Labute approximate surface area is 110 Å². The van der Waals surface area contributed by atoms with Crippen molar-refractivity contribution >= 4 is 5.78 Å². The molecule has 0 saturated heterocycles. The lowest BCUT2D eigenvalue weighted by atomic mass is 10.1. The van der Waals surface area contributed by atoms with Crippen LogP contribution in [-0.4, -0.2) is 11.4 Å². The Morgan fingerprint density at radius 2 is 1.89 bits per heavy atom. The van der Waals surface area contributed by atoms with Crippen molar-refractivity contribution in [2.75, 3.05) is 0 Å². The molecule has 0 amide bonds. The first-order valence-corrected chi connectivity index (χ1v) is 6.37. The van der Waals surface area contributed by atoms with Crippen LogP contribution in [0.4, 0.5) is 0 Å². The standard InChI is InChI=1S/C16H22O2/c1-5-16(3,4)18-13(2)11-15(17)12-14-9-7-6-8-10-14/h6-11H,5,12H2,1-4H3/b13-11-. The zero-order valence-corrected chi connectivity index (χ0v) is 11.7. The number of ketones is 1. The first-order valence-electron chi connectivity index (χ1n) is 6.37. The third-order valence-electron chi connectivity index (χ3n) is 2.87. The molecule has 0 aromatic heterocycles. The molecule has 2 heteroatoms. The smallest absolute Gasteiger partial charge is 0.163 e. The molecule has 0 spiro atoms. The maximum Gasteiger partial charge on any atom is 0.163 e. The van der Waals surface area contributed by atoms with Gasteiger partial charge in [0.05, 0.1) is 5.76 Å². The second kappa shape index (κ2) is 6.39. The number of allylic oxidation sites excluding steroid dienone is 2. The van der Waals surface area contributed by atoms with Crippen molar-refractivity contribution in [2.24, 2.45) is 0 Å². The summed E-state index contributed by atoms with van der Waals surface area (Å²) in [6.07, 6.45) is 2.92. The topological polar surface area (TPSA) is 26.3 Å². The Morgan fingerprint density at radius 3 is 2.44 bits per heavy atom. The van der Waals surface area contributed by atoms with Crippen LogP contribution in [0.25, 0.3) is 0 Å². The summed E-state index contributed by atoms with van der Waals surface area (Å²) < 4.78 is 5.74. The van der Waals surface area contributed by atoms with Gasteiger partial charge in [-0.15, -0.1) is 0 Å². The van der Waals surface area contributed by atoms with E-state index in [4.69, 9.17) is 4.74 Å². The van der Waals surface area contributed by atoms with Gasteiger partial charge in [0.15, 0.2) is 5.78 Å². The van der Waals surface area contributed by atoms with E-state index < -0.39 is 0 Å². The predicted molar refractivity (Wildman–Crippen MR) is 74.4 cm³/mol. The van der Waals surface area contributed by atoms with Crippen LogP contribution in [0.3, 0.4) is 0 Å². The van der Waals surface area contributed by atoms with Crippen molar-refractivity contribution in [2.45, 2.75) is 46.1 Å². The van der Waals surface area contributed by atoms with E-state index in [2.05, 4.69) is 6.92 Å². The van der Waals surface area contributed by atoms with Crippen LogP contribution in [0.5, 0.6) is 0 Å². The van der Waals surface area contributed by atoms with E-state index in [1.165, 1.54) is 0 Å². The second-order valence-corrected chi connectivity index (χ2v) is 5.10. The van der Waals surface area contributed by atoms with Crippen LogP contribution in [0.2, 0.25) is 0 Å². The summed E-state index contributed by atoms with van der Waals surface area (Å²) in [5.41, 5.74) is 0.814. The number of carbonyl (C=O) groups is 1. The summed E-state index contributed by atoms with van der Waals surface area (Å²) in [7, 11) is 0. The van der Waals surface area contributed by atoms with Crippen LogP contribution >= 0.6 is 0 Å². The number of ether oxygens (including phenoxy) is 1. The maximum absolute atomic E-state index is 11.8. The van der Waals surface area contributed by atoms with E-state index in [9.17, 15) is 4.79 Å². The molecule has 0 unspecified atom stereocenters. The van der Waals surface area contributed by atoms with Gasteiger partial charge in [0.2, 0.25) is 0 Å². The van der Waals surface area contributed by atoms with Gasteiger partial charge in [-0.2, -0.15) is 0 Å².